The Kier molecular flexibility index (Phi) is 3.50. The molecular weight excluding hydrogens is 266 g/mol. The number of fused-ring (bicyclic) bond motifs is 1. The van der Waals surface area contributed by atoms with E-state index in [0.29, 0.717) is 6.04 Å². The van der Waals surface area contributed by atoms with Crippen LogP contribution in [-0.4, -0.2) is 22.8 Å². The fourth-order valence-corrected chi connectivity index (χ4v) is 4.24. The van der Waals surface area contributed by atoms with Gasteiger partial charge in [0.25, 0.3) is 0 Å². The Labute approximate surface area is 125 Å². The quantitative estimate of drug-likeness (QED) is 0.907. The molecule has 0 spiro atoms. The zero-order valence-electron chi connectivity index (χ0n) is 12.8. The summed E-state index contributed by atoms with van der Waals surface area (Å²) >= 11 is 0. The van der Waals surface area contributed by atoms with Gasteiger partial charge in [-0.15, -0.1) is 0 Å². The molecular formula is C16H25N3O2. The lowest BCUT2D eigenvalue weighted by Crippen LogP contribution is -2.44. The van der Waals surface area contributed by atoms with Crippen LogP contribution >= 0.6 is 0 Å². The maximum absolute atomic E-state index is 5.81. The van der Waals surface area contributed by atoms with Crippen LogP contribution in [0.4, 0.5) is 0 Å². The van der Waals surface area contributed by atoms with Gasteiger partial charge < -0.3 is 14.6 Å². The molecule has 4 atom stereocenters. The first-order valence-corrected chi connectivity index (χ1v) is 8.49. The second kappa shape index (κ2) is 5.36. The Bertz CT molecular complexity index is 495. The van der Waals surface area contributed by atoms with Crippen molar-refractivity contribution in [2.75, 3.05) is 6.61 Å². The van der Waals surface area contributed by atoms with Crippen molar-refractivity contribution in [2.24, 2.45) is 5.92 Å². The summed E-state index contributed by atoms with van der Waals surface area (Å²) in [7, 11) is 0. The molecule has 0 bridgehead atoms. The average Bonchev–Trinajstić information content (AvgIpc) is 3.17. The Morgan fingerprint density at radius 3 is 2.90 bits per heavy atom. The van der Waals surface area contributed by atoms with Crippen molar-refractivity contribution in [2.45, 2.75) is 76.0 Å². The SMILES string of the molecule is CC1(c2noc(C3CCC4CCCCC4N3)n2)CCCO1. The maximum Gasteiger partial charge on any atom is 0.243 e. The van der Waals surface area contributed by atoms with Gasteiger partial charge in [-0.1, -0.05) is 18.0 Å². The van der Waals surface area contributed by atoms with Crippen LogP contribution in [0.15, 0.2) is 4.52 Å². The summed E-state index contributed by atoms with van der Waals surface area (Å²) in [5, 5.41) is 7.95. The van der Waals surface area contributed by atoms with Crippen LogP contribution in [0.1, 0.15) is 76.0 Å². The number of nitrogens with zero attached hydrogens (tertiary/aromatic N) is 2. The zero-order valence-corrected chi connectivity index (χ0v) is 12.8. The number of piperidine rings is 1. The molecule has 1 aromatic heterocycles. The molecule has 21 heavy (non-hydrogen) atoms. The van der Waals surface area contributed by atoms with Gasteiger partial charge in [0.15, 0.2) is 0 Å². The molecule has 1 saturated carbocycles. The molecule has 1 aromatic rings. The minimum absolute atomic E-state index is 0.232. The molecule has 5 heteroatoms. The molecule has 3 fully saturated rings. The third-order valence-corrected chi connectivity index (χ3v) is 5.58. The number of ether oxygens (including phenoxy) is 1. The molecule has 0 aromatic carbocycles. The topological polar surface area (TPSA) is 60.2 Å². The summed E-state index contributed by atoms with van der Waals surface area (Å²) < 4.78 is 11.4. The summed E-state index contributed by atoms with van der Waals surface area (Å²) in [5.74, 6) is 2.33. The van der Waals surface area contributed by atoms with Gasteiger partial charge >= 0.3 is 0 Å². The Hall–Kier alpha value is -0.940. The fourth-order valence-electron chi connectivity index (χ4n) is 4.24. The third-order valence-electron chi connectivity index (χ3n) is 5.58. The molecule has 2 saturated heterocycles. The van der Waals surface area contributed by atoms with Gasteiger partial charge in [0.2, 0.25) is 11.7 Å². The van der Waals surface area contributed by atoms with Crippen molar-refractivity contribution < 1.29 is 9.26 Å². The van der Waals surface area contributed by atoms with Crippen molar-refractivity contribution in [1.82, 2.24) is 15.5 Å². The number of aromatic nitrogens is 2. The first-order valence-electron chi connectivity index (χ1n) is 8.49. The zero-order chi connectivity index (χ0) is 14.3. The van der Waals surface area contributed by atoms with Gasteiger partial charge in [-0.25, -0.2) is 0 Å². The van der Waals surface area contributed by atoms with Crippen molar-refractivity contribution in [3.05, 3.63) is 11.7 Å². The molecule has 2 aliphatic heterocycles. The second-order valence-corrected chi connectivity index (χ2v) is 7.09. The second-order valence-electron chi connectivity index (χ2n) is 7.09. The van der Waals surface area contributed by atoms with E-state index in [1.165, 1.54) is 32.1 Å². The Morgan fingerprint density at radius 1 is 1.14 bits per heavy atom. The summed E-state index contributed by atoms with van der Waals surface area (Å²) in [6.45, 7) is 2.87. The van der Waals surface area contributed by atoms with E-state index >= 15 is 0 Å². The lowest BCUT2D eigenvalue weighted by molar-refractivity contribution is 0.00768. The lowest BCUT2D eigenvalue weighted by atomic mass is 9.78. The van der Waals surface area contributed by atoms with Crippen molar-refractivity contribution in [1.29, 1.82) is 0 Å². The van der Waals surface area contributed by atoms with E-state index in [2.05, 4.69) is 22.4 Å². The van der Waals surface area contributed by atoms with Gasteiger partial charge in [-0.2, -0.15) is 4.98 Å². The van der Waals surface area contributed by atoms with E-state index in [-0.39, 0.29) is 11.6 Å². The first-order chi connectivity index (χ1) is 10.2. The van der Waals surface area contributed by atoms with E-state index < -0.39 is 0 Å². The largest absolute Gasteiger partial charge is 0.367 e. The maximum atomic E-state index is 5.81. The highest BCUT2D eigenvalue weighted by molar-refractivity contribution is 5.05. The Morgan fingerprint density at radius 2 is 2.05 bits per heavy atom. The van der Waals surface area contributed by atoms with Gasteiger partial charge in [0.05, 0.1) is 6.04 Å². The van der Waals surface area contributed by atoms with E-state index in [4.69, 9.17) is 9.26 Å². The predicted molar refractivity (Wildman–Crippen MR) is 77.7 cm³/mol. The molecule has 0 amide bonds. The van der Waals surface area contributed by atoms with Crippen LogP contribution in [0, 0.1) is 5.92 Å². The summed E-state index contributed by atoms with van der Waals surface area (Å²) in [5.41, 5.74) is -0.343. The highest BCUT2D eigenvalue weighted by Crippen LogP contribution is 2.38. The van der Waals surface area contributed by atoms with Crippen molar-refractivity contribution in [3.8, 4) is 0 Å². The van der Waals surface area contributed by atoms with Crippen LogP contribution in [0.2, 0.25) is 0 Å². The van der Waals surface area contributed by atoms with Gasteiger partial charge in [-0.3, -0.25) is 0 Å². The minimum atomic E-state index is -0.343. The lowest BCUT2D eigenvalue weighted by Gasteiger charge is -2.39. The van der Waals surface area contributed by atoms with Crippen molar-refractivity contribution >= 4 is 0 Å². The van der Waals surface area contributed by atoms with E-state index in [1.54, 1.807) is 0 Å². The predicted octanol–water partition coefficient (Wildman–Crippen LogP) is 3.08. The number of nitrogens with one attached hydrogen (secondary N) is 1. The molecule has 3 aliphatic rings. The highest BCUT2D eigenvalue weighted by Gasteiger charge is 2.39. The minimum Gasteiger partial charge on any atom is -0.367 e. The van der Waals surface area contributed by atoms with E-state index in [0.717, 1.165) is 43.5 Å². The normalized spacial score (nSPS) is 40.1. The van der Waals surface area contributed by atoms with Crippen LogP contribution < -0.4 is 5.32 Å². The summed E-state index contributed by atoms with van der Waals surface area (Å²) in [6.07, 6.45) is 9.87. The van der Waals surface area contributed by atoms with Gasteiger partial charge in [0.1, 0.15) is 5.60 Å². The molecule has 116 valence electrons. The summed E-state index contributed by atoms with van der Waals surface area (Å²) in [4.78, 5) is 4.66. The molecule has 5 nitrogen and oxygen atoms in total. The number of rotatable bonds is 2. The van der Waals surface area contributed by atoms with E-state index in [1.807, 2.05) is 0 Å². The molecule has 4 unspecified atom stereocenters. The standard InChI is InChI=1S/C16H25N3O2/c1-16(9-4-10-20-16)15-18-14(21-19-15)13-8-7-11-5-2-3-6-12(11)17-13/h11-13,17H,2-10H2,1H3. The van der Waals surface area contributed by atoms with Gasteiger partial charge in [-0.05, 0) is 51.4 Å². The van der Waals surface area contributed by atoms with Crippen LogP contribution in [0.3, 0.4) is 0 Å². The number of hydrogen-bond acceptors (Lipinski definition) is 5. The summed E-state index contributed by atoms with van der Waals surface area (Å²) in [6, 6.07) is 0.877. The third kappa shape index (κ3) is 2.50. The molecule has 1 aliphatic carbocycles. The Balaban J connectivity index is 1.48. The fraction of sp³-hybridized carbons (Fsp3) is 0.875. The number of hydrogen-bond donors (Lipinski definition) is 1. The first kappa shape index (κ1) is 13.7. The molecule has 3 heterocycles. The van der Waals surface area contributed by atoms with Crippen LogP contribution in [0.5, 0.6) is 0 Å². The highest BCUT2D eigenvalue weighted by atomic mass is 16.5. The monoisotopic (exact) mass is 291 g/mol. The van der Waals surface area contributed by atoms with Crippen LogP contribution in [0.25, 0.3) is 0 Å². The molecule has 0 radical (unpaired) electrons. The average molecular weight is 291 g/mol. The van der Waals surface area contributed by atoms with Gasteiger partial charge in [0, 0.05) is 12.6 Å². The molecule has 4 rings (SSSR count). The smallest absolute Gasteiger partial charge is 0.243 e. The molecule has 1 N–H and O–H groups in total. The van der Waals surface area contributed by atoms with Crippen LogP contribution in [-0.2, 0) is 10.3 Å². The van der Waals surface area contributed by atoms with E-state index in [9.17, 15) is 0 Å². The van der Waals surface area contributed by atoms with Crippen molar-refractivity contribution in [3.63, 3.8) is 0 Å².